The molecule has 0 radical (unpaired) electrons. The summed E-state index contributed by atoms with van der Waals surface area (Å²) in [5.74, 6) is -0.00856. The highest BCUT2D eigenvalue weighted by molar-refractivity contribution is 6.31. The smallest absolute Gasteiger partial charge is 0.258 e. The average molecular weight is 431 g/mol. The summed E-state index contributed by atoms with van der Waals surface area (Å²) in [7, 11) is 0. The standard InChI is InChI=1S/C26H23ClN2O2/c27-23-9-3-7-20(16-23)26(31)29-13-4-8-19-15-21(10-11-24(19)29)25(30)28-14-12-18-5-1-2-6-22(18)17-28/h1-3,5-7,9-11,15-16H,4,8,12-14,17H2. The van der Waals surface area contributed by atoms with E-state index in [4.69, 9.17) is 11.6 Å². The third-order valence-corrected chi connectivity index (χ3v) is 6.41. The normalized spacial score (nSPS) is 15.3. The molecule has 2 heterocycles. The Labute approximate surface area is 187 Å². The SMILES string of the molecule is O=C(c1ccc2c(c1)CCCN2C(=O)c1cccc(Cl)c1)N1CCc2ccccc2C1. The minimum Gasteiger partial charge on any atom is -0.334 e. The van der Waals surface area contributed by atoms with Gasteiger partial charge in [0, 0.05) is 41.5 Å². The van der Waals surface area contributed by atoms with Crippen LogP contribution in [0.25, 0.3) is 0 Å². The number of benzene rings is 3. The summed E-state index contributed by atoms with van der Waals surface area (Å²) in [6.07, 6.45) is 2.61. The maximum Gasteiger partial charge on any atom is 0.258 e. The van der Waals surface area contributed by atoms with Crippen molar-refractivity contribution in [2.24, 2.45) is 0 Å². The van der Waals surface area contributed by atoms with Gasteiger partial charge in [-0.15, -0.1) is 0 Å². The molecule has 4 nitrogen and oxygen atoms in total. The molecule has 3 aromatic rings. The second-order valence-corrected chi connectivity index (χ2v) is 8.60. The fourth-order valence-corrected chi connectivity index (χ4v) is 4.76. The number of carbonyl (C=O) groups excluding carboxylic acids is 2. The average Bonchev–Trinajstić information content (AvgIpc) is 2.82. The van der Waals surface area contributed by atoms with E-state index in [9.17, 15) is 9.59 Å². The van der Waals surface area contributed by atoms with Crippen LogP contribution in [0.3, 0.4) is 0 Å². The van der Waals surface area contributed by atoms with Crippen molar-refractivity contribution < 1.29 is 9.59 Å². The molecule has 0 fully saturated rings. The van der Waals surface area contributed by atoms with Crippen LogP contribution in [0.5, 0.6) is 0 Å². The Morgan fingerprint density at radius 2 is 1.55 bits per heavy atom. The number of fused-ring (bicyclic) bond motifs is 2. The van der Waals surface area contributed by atoms with Crippen LogP contribution in [0.1, 0.15) is 43.8 Å². The number of nitrogens with zero attached hydrogens (tertiary/aromatic N) is 2. The quantitative estimate of drug-likeness (QED) is 0.565. The highest BCUT2D eigenvalue weighted by Gasteiger charge is 2.26. The molecular formula is C26H23ClN2O2. The van der Waals surface area contributed by atoms with Crippen molar-refractivity contribution in [3.63, 3.8) is 0 Å². The highest BCUT2D eigenvalue weighted by atomic mass is 35.5. The fourth-order valence-electron chi connectivity index (χ4n) is 4.57. The van der Waals surface area contributed by atoms with Crippen LogP contribution in [-0.4, -0.2) is 29.8 Å². The Morgan fingerprint density at radius 3 is 2.39 bits per heavy atom. The van der Waals surface area contributed by atoms with Gasteiger partial charge in [-0.05, 0) is 72.4 Å². The van der Waals surface area contributed by atoms with Gasteiger partial charge in [-0.3, -0.25) is 9.59 Å². The Kier molecular flexibility index (Phi) is 5.24. The number of halogens is 1. The number of aryl methyl sites for hydroxylation is 1. The summed E-state index contributed by atoms with van der Waals surface area (Å²) in [4.78, 5) is 30.0. The molecule has 0 spiro atoms. The molecule has 2 amide bonds. The summed E-state index contributed by atoms with van der Waals surface area (Å²) in [5.41, 5.74) is 5.75. The molecule has 0 saturated heterocycles. The van der Waals surface area contributed by atoms with Crippen molar-refractivity contribution in [2.75, 3.05) is 18.0 Å². The molecule has 0 N–H and O–H groups in total. The molecule has 156 valence electrons. The number of anilines is 1. The van der Waals surface area contributed by atoms with Gasteiger partial charge >= 0.3 is 0 Å². The van der Waals surface area contributed by atoms with E-state index >= 15 is 0 Å². The zero-order valence-corrected chi connectivity index (χ0v) is 17.9. The molecule has 0 saturated carbocycles. The van der Waals surface area contributed by atoms with Gasteiger partial charge in [0.05, 0.1) is 0 Å². The first-order valence-corrected chi connectivity index (χ1v) is 11.0. The molecule has 3 aromatic carbocycles. The first-order valence-electron chi connectivity index (χ1n) is 10.7. The number of carbonyl (C=O) groups is 2. The Bertz CT molecular complexity index is 1170. The number of hydrogen-bond acceptors (Lipinski definition) is 2. The predicted molar refractivity (Wildman–Crippen MR) is 123 cm³/mol. The number of amides is 2. The zero-order valence-electron chi connectivity index (χ0n) is 17.2. The Hall–Kier alpha value is -3.11. The van der Waals surface area contributed by atoms with Gasteiger partial charge in [0.2, 0.25) is 0 Å². The van der Waals surface area contributed by atoms with Crippen molar-refractivity contribution in [1.82, 2.24) is 4.90 Å². The van der Waals surface area contributed by atoms with E-state index < -0.39 is 0 Å². The molecular weight excluding hydrogens is 408 g/mol. The van der Waals surface area contributed by atoms with Crippen LogP contribution in [0.4, 0.5) is 5.69 Å². The lowest BCUT2D eigenvalue weighted by atomic mass is 9.96. The van der Waals surface area contributed by atoms with Gasteiger partial charge in [-0.1, -0.05) is 41.9 Å². The molecule has 0 unspecified atom stereocenters. The van der Waals surface area contributed by atoms with E-state index in [1.807, 2.05) is 29.2 Å². The largest absolute Gasteiger partial charge is 0.334 e. The molecule has 0 bridgehead atoms. The summed E-state index contributed by atoms with van der Waals surface area (Å²) in [5, 5.41) is 0.548. The molecule has 0 aliphatic carbocycles. The third-order valence-electron chi connectivity index (χ3n) is 6.18. The van der Waals surface area contributed by atoms with Crippen molar-refractivity contribution in [1.29, 1.82) is 0 Å². The van der Waals surface area contributed by atoms with Gasteiger partial charge in [-0.25, -0.2) is 0 Å². The predicted octanol–water partition coefficient (Wildman–Crippen LogP) is 5.13. The van der Waals surface area contributed by atoms with Gasteiger partial charge in [0.25, 0.3) is 11.8 Å². The molecule has 31 heavy (non-hydrogen) atoms. The second-order valence-electron chi connectivity index (χ2n) is 8.16. The topological polar surface area (TPSA) is 40.6 Å². The summed E-state index contributed by atoms with van der Waals surface area (Å²) in [6, 6.07) is 21.1. The summed E-state index contributed by atoms with van der Waals surface area (Å²) < 4.78 is 0. The van der Waals surface area contributed by atoms with Crippen LogP contribution >= 0.6 is 11.6 Å². The molecule has 2 aliphatic heterocycles. The second kappa shape index (κ2) is 8.20. The first-order chi connectivity index (χ1) is 15.1. The summed E-state index contributed by atoms with van der Waals surface area (Å²) >= 11 is 6.08. The zero-order chi connectivity index (χ0) is 21.4. The van der Waals surface area contributed by atoms with Gasteiger partial charge in [0.1, 0.15) is 0 Å². The Morgan fingerprint density at radius 1 is 0.742 bits per heavy atom. The van der Waals surface area contributed by atoms with Crippen molar-refractivity contribution in [3.8, 4) is 0 Å². The van der Waals surface area contributed by atoms with Crippen molar-refractivity contribution in [3.05, 3.63) is 99.6 Å². The van der Waals surface area contributed by atoms with Crippen LogP contribution in [0.15, 0.2) is 66.7 Å². The van der Waals surface area contributed by atoms with Crippen LogP contribution < -0.4 is 4.90 Å². The first kappa shape index (κ1) is 19.8. The van der Waals surface area contributed by atoms with Gasteiger partial charge in [-0.2, -0.15) is 0 Å². The van der Waals surface area contributed by atoms with E-state index in [-0.39, 0.29) is 11.8 Å². The van der Waals surface area contributed by atoms with Crippen LogP contribution in [0, 0.1) is 0 Å². The maximum atomic E-state index is 13.2. The van der Waals surface area contributed by atoms with Crippen molar-refractivity contribution in [2.45, 2.75) is 25.8 Å². The molecule has 2 aliphatic rings. The van der Waals surface area contributed by atoms with E-state index in [0.29, 0.717) is 29.2 Å². The third kappa shape index (κ3) is 3.84. The van der Waals surface area contributed by atoms with Crippen LogP contribution in [-0.2, 0) is 19.4 Å². The van der Waals surface area contributed by atoms with Crippen LogP contribution in [0.2, 0.25) is 5.02 Å². The van der Waals surface area contributed by atoms with Gasteiger partial charge in [0.15, 0.2) is 0 Å². The molecule has 5 rings (SSSR count). The fraction of sp³-hybridized carbons (Fsp3) is 0.231. The minimum absolute atomic E-state index is 0.0515. The van der Waals surface area contributed by atoms with E-state index in [1.54, 1.807) is 29.2 Å². The Balaban J connectivity index is 1.39. The monoisotopic (exact) mass is 430 g/mol. The maximum absolute atomic E-state index is 13.2. The number of hydrogen-bond donors (Lipinski definition) is 0. The number of rotatable bonds is 2. The molecule has 0 atom stereocenters. The van der Waals surface area contributed by atoms with E-state index in [0.717, 1.165) is 37.1 Å². The molecule has 0 aromatic heterocycles. The highest BCUT2D eigenvalue weighted by Crippen LogP contribution is 2.31. The van der Waals surface area contributed by atoms with E-state index in [1.165, 1.54) is 11.1 Å². The van der Waals surface area contributed by atoms with Crippen molar-refractivity contribution >= 4 is 29.1 Å². The lowest BCUT2D eigenvalue weighted by molar-refractivity contribution is 0.0734. The minimum atomic E-state index is -0.0600. The van der Waals surface area contributed by atoms with Gasteiger partial charge < -0.3 is 9.80 Å². The molecule has 5 heteroatoms. The lowest BCUT2D eigenvalue weighted by Crippen LogP contribution is -2.37. The summed E-state index contributed by atoms with van der Waals surface area (Å²) in [6.45, 7) is 2.03. The van der Waals surface area contributed by atoms with E-state index in [2.05, 4.69) is 18.2 Å². The lowest BCUT2D eigenvalue weighted by Gasteiger charge is -2.31.